The van der Waals surface area contributed by atoms with Gasteiger partial charge >= 0.3 is 0 Å². The molecule has 0 N–H and O–H groups in total. The average Bonchev–Trinajstić information content (AvgIpc) is 2.28. The van der Waals surface area contributed by atoms with Crippen molar-refractivity contribution in [2.24, 2.45) is 0 Å². The zero-order valence-electron chi connectivity index (χ0n) is 7.05. The highest BCUT2D eigenvalue weighted by atomic mass is 32.1. The first kappa shape index (κ1) is 8.47. The van der Waals surface area contributed by atoms with Gasteiger partial charge in [0.15, 0.2) is 0 Å². The third kappa shape index (κ3) is 1.69. The summed E-state index contributed by atoms with van der Waals surface area (Å²) in [4.78, 5) is 13.0. The van der Waals surface area contributed by atoms with Gasteiger partial charge in [0.25, 0.3) is 0 Å². The fourth-order valence-corrected chi connectivity index (χ4v) is 2.21. The molecule has 0 radical (unpaired) electrons. The molecule has 0 aliphatic rings. The lowest BCUT2D eigenvalue weighted by Gasteiger charge is -1.99. The van der Waals surface area contributed by atoms with Crippen LogP contribution in [-0.2, 0) is 4.79 Å². The van der Waals surface area contributed by atoms with Crippen LogP contribution in [0.25, 0.3) is 0 Å². The summed E-state index contributed by atoms with van der Waals surface area (Å²) in [6.45, 7) is 6.06. The van der Waals surface area contributed by atoms with Crippen LogP contribution in [0.3, 0.4) is 0 Å². The van der Waals surface area contributed by atoms with Gasteiger partial charge in [-0.3, -0.25) is 0 Å². The fraction of sp³-hybridized carbons (Fsp3) is 0.444. The van der Waals surface area contributed by atoms with E-state index in [1.165, 1.54) is 15.3 Å². The first-order chi connectivity index (χ1) is 5.15. The topological polar surface area (TPSA) is 17.1 Å². The molecule has 1 aromatic heterocycles. The maximum absolute atomic E-state index is 10.5. The Hall–Kier alpha value is -0.630. The molecular formula is C9H12OS. The monoisotopic (exact) mass is 168 g/mol. The highest BCUT2D eigenvalue weighted by Gasteiger charge is 2.08. The van der Waals surface area contributed by atoms with Gasteiger partial charge in [0.05, 0.1) is 0 Å². The van der Waals surface area contributed by atoms with Crippen LogP contribution in [0.4, 0.5) is 0 Å². The first-order valence-corrected chi connectivity index (χ1v) is 4.49. The molecule has 60 valence electrons. The van der Waals surface area contributed by atoms with Gasteiger partial charge in [0, 0.05) is 15.7 Å². The van der Waals surface area contributed by atoms with E-state index in [2.05, 4.69) is 19.9 Å². The molecule has 0 fully saturated rings. The van der Waals surface area contributed by atoms with Crippen molar-refractivity contribution < 1.29 is 4.79 Å². The Morgan fingerprint density at radius 3 is 2.55 bits per heavy atom. The standard InChI is InChI=1S/C9H12OS/c1-6(5-10)9-4-7(2)11-8(9)3/h4-6H,1-3H3. The maximum Gasteiger partial charge on any atom is 0.127 e. The molecule has 0 bridgehead atoms. The normalized spacial score (nSPS) is 13.0. The maximum atomic E-state index is 10.5. The van der Waals surface area contributed by atoms with Crippen molar-refractivity contribution in [1.82, 2.24) is 0 Å². The molecule has 0 aromatic carbocycles. The van der Waals surface area contributed by atoms with E-state index >= 15 is 0 Å². The average molecular weight is 168 g/mol. The molecule has 0 aliphatic heterocycles. The van der Waals surface area contributed by atoms with Gasteiger partial charge in [-0.05, 0) is 25.5 Å². The van der Waals surface area contributed by atoms with Crippen LogP contribution < -0.4 is 0 Å². The predicted octanol–water partition coefficient (Wildman–Crippen LogP) is 2.67. The zero-order valence-corrected chi connectivity index (χ0v) is 7.87. The Morgan fingerprint density at radius 1 is 1.55 bits per heavy atom. The lowest BCUT2D eigenvalue weighted by atomic mass is 10.0. The summed E-state index contributed by atoms with van der Waals surface area (Å²) >= 11 is 1.75. The van der Waals surface area contributed by atoms with E-state index in [0.717, 1.165) is 6.29 Å². The number of carbonyl (C=O) groups is 1. The van der Waals surface area contributed by atoms with E-state index in [4.69, 9.17) is 0 Å². The largest absolute Gasteiger partial charge is 0.303 e. The number of carbonyl (C=O) groups excluding carboxylic acids is 1. The predicted molar refractivity (Wildman–Crippen MR) is 48.3 cm³/mol. The Balaban J connectivity index is 3.02. The highest BCUT2D eigenvalue weighted by Crippen LogP contribution is 2.26. The minimum absolute atomic E-state index is 0.0555. The quantitative estimate of drug-likeness (QED) is 0.620. The number of aryl methyl sites for hydroxylation is 2. The number of hydrogen-bond donors (Lipinski definition) is 0. The molecule has 0 saturated heterocycles. The van der Waals surface area contributed by atoms with Crippen LogP contribution in [0.15, 0.2) is 6.07 Å². The minimum Gasteiger partial charge on any atom is -0.303 e. The van der Waals surface area contributed by atoms with Crippen molar-refractivity contribution in [3.05, 3.63) is 21.4 Å². The van der Waals surface area contributed by atoms with Gasteiger partial charge in [0.1, 0.15) is 6.29 Å². The molecule has 0 spiro atoms. The Bertz CT molecular complexity index is 263. The Kier molecular flexibility index (Phi) is 2.45. The molecule has 1 rings (SSSR count). The molecule has 1 atom stereocenters. The molecule has 2 heteroatoms. The summed E-state index contributed by atoms with van der Waals surface area (Å²) in [6.07, 6.45) is 0.995. The van der Waals surface area contributed by atoms with Gasteiger partial charge in [-0.1, -0.05) is 6.92 Å². The van der Waals surface area contributed by atoms with E-state index in [1.54, 1.807) is 11.3 Å². The molecule has 0 amide bonds. The SMILES string of the molecule is Cc1cc(C(C)C=O)c(C)s1. The Morgan fingerprint density at radius 2 is 2.18 bits per heavy atom. The first-order valence-electron chi connectivity index (χ1n) is 3.67. The van der Waals surface area contributed by atoms with Gasteiger partial charge < -0.3 is 4.79 Å². The summed E-state index contributed by atoms with van der Waals surface area (Å²) in [7, 11) is 0. The molecule has 1 nitrogen and oxygen atoms in total. The molecule has 1 heterocycles. The molecule has 1 aromatic rings. The van der Waals surface area contributed by atoms with Crippen LogP contribution >= 0.6 is 11.3 Å². The number of aldehydes is 1. The van der Waals surface area contributed by atoms with Crippen LogP contribution in [0.5, 0.6) is 0 Å². The third-order valence-electron chi connectivity index (χ3n) is 1.77. The number of rotatable bonds is 2. The van der Waals surface area contributed by atoms with Gasteiger partial charge in [-0.25, -0.2) is 0 Å². The summed E-state index contributed by atoms with van der Waals surface area (Å²) in [6, 6.07) is 2.10. The summed E-state index contributed by atoms with van der Waals surface area (Å²) in [5.74, 6) is 0.0555. The van der Waals surface area contributed by atoms with Crippen molar-refractivity contribution in [3.8, 4) is 0 Å². The number of hydrogen-bond acceptors (Lipinski definition) is 2. The summed E-state index contributed by atoms with van der Waals surface area (Å²) < 4.78 is 0. The number of thiophene rings is 1. The minimum atomic E-state index is 0.0555. The van der Waals surface area contributed by atoms with Crippen LogP contribution in [0, 0.1) is 13.8 Å². The molecule has 0 aliphatic carbocycles. The summed E-state index contributed by atoms with van der Waals surface area (Å²) in [5, 5.41) is 0. The lowest BCUT2D eigenvalue weighted by molar-refractivity contribution is -0.108. The lowest BCUT2D eigenvalue weighted by Crippen LogP contribution is -1.92. The molecule has 1 unspecified atom stereocenters. The fourth-order valence-electron chi connectivity index (χ4n) is 1.18. The second-order valence-corrected chi connectivity index (χ2v) is 4.25. The van der Waals surface area contributed by atoms with Crippen molar-refractivity contribution in [1.29, 1.82) is 0 Å². The van der Waals surface area contributed by atoms with Crippen molar-refractivity contribution in [2.75, 3.05) is 0 Å². The van der Waals surface area contributed by atoms with E-state index in [1.807, 2.05) is 6.92 Å². The summed E-state index contributed by atoms with van der Waals surface area (Å²) in [5.41, 5.74) is 1.18. The van der Waals surface area contributed by atoms with Crippen LogP contribution in [-0.4, -0.2) is 6.29 Å². The molecule has 11 heavy (non-hydrogen) atoms. The molecular weight excluding hydrogens is 156 g/mol. The molecule has 0 saturated carbocycles. The van der Waals surface area contributed by atoms with E-state index in [9.17, 15) is 4.79 Å². The Labute approximate surface area is 71.1 Å². The van der Waals surface area contributed by atoms with Crippen LogP contribution in [0.2, 0.25) is 0 Å². The van der Waals surface area contributed by atoms with Crippen molar-refractivity contribution in [3.63, 3.8) is 0 Å². The van der Waals surface area contributed by atoms with Gasteiger partial charge in [-0.15, -0.1) is 11.3 Å². The van der Waals surface area contributed by atoms with Gasteiger partial charge in [-0.2, -0.15) is 0 Å². The second kappa shape index (κ2) is 3.18. The van der Waals surface area contributed by atoms with E-state index in [-0.39, 0.29) is 5.92 Å². The highest BCUT2D eigenvalue weighted by molar-refractivity contribution is 7.12. The van der Waals surface area contributed by atoms with E-state index in [0.29, 0.717) is 0 Å². The smallest absolute Gasteiger partial charge is 0.127 e. The van der Waals surface area contributed by atoms with Crippen molar-refractivity contribution >= 4 is 17.6 Å². The second-order valence-electron chi connectivity index (χ2n) is 2.79. The third-order valence-corrected chi connectivity index (χ3v) is 2.76. The van der Waals surface area contributed by atoms with Crippen LogP contribution in [0.1, 0.15) is 28.2 Å². The van der Waals surface area contributed by atoms with Gasteiger partial charge in [0.2, 0.25) is 0 Å². The zero-order chi connectivity index (χ0) is 8.43. The van der Waals surface area contributed by atoms with Crippen molar-refractivity contribution in [2.45, 2.75) is 26.7 Å². The van der Waals surface area contributed by atoms with E-state index < -0.39 is 0 Å².